The van der Waals surface area contributed by atoms with Crippen molar-refractivity contribution in [3.63, 3.8) is 0 Å². The number of amides is 1. The molecule has 0 spiro atoms. The van der Waals surface area contributed by atoms with Crippen LogP contribution in [0.3, 0.4) is 0 Å². The van der Waals surface area contributed by atoms with E-state index in [0.29, 0.717) is 23.4 Å². The zero-order valence-electron chi connectivity index (χ0n) is 11.4. The molecule has 1 heterocycles. The van der Waals surface area contributed by atoms with Crippen LogP contribution >= 0.6 is 11.6 Å². The predicted molar refractivity (Wildman–Crippen MR) is 78.8 cm³/mol. The van der Waals surface area contributed by atoms with Crippen LogP contribution in [0.4, 0.5) is 5.69 Å². The Hall–Kier alpha value is -1.17. The van der Waals surface area contributed by atoms with Crippen molar-refractivity contribution in [1.29, 1.82) is 0 Å². The summed E-state index contributed by atoms with van der Waals surface area (Å²) >= 11 is 5.91. The number of pyridine rings is 1. The topological polar surface area (TPSA) is 65.5 Å². The van der Waals surface area contributed by atoms with E-state index in [9.17, 15) is 4.79 Å². The number of carbonyl (C=O) groups excluding carboxylic acids is 1. The Morgan fingerprint density at radius 1 is 1.50 bits per heavy atom. The van der Waals surface area contributed by atoms with Crippen molar-refractivity contribution in [2.75, 3.05) is 25.0 Å². The van der Waals surface area contributed by atoms with Crippen LogP contribution in [0.2, 0.25) is 5.15 Å². The van der Waals surface area contributed by atoms with Crippen molar-refractivity contribution >= 4 is 23.2 Å². The summed E-state index contributed by atoms with van der Waals surface area (Å²) in [5.74, 6) is -0.0733. The van der Waals surface area contributed by atoms with Gasteiger partial charge < -0.3 is 10.4 Å². The number of aromatic nitrogens is 1. The van der Waals surface area contributed by atoms with E-state index < -0.39 is 0 Å². The molecule has 0 atom stereocenters. The first kappa shape index (κ1) is 15.2. The summed E-state index contributed by atoms with van der Waals surface area (Å²) in [4.78, 5) is 18.2. The van der Waals surface area contributed by atoms with Gasteiger partial charge in [-0.3, -0.25) is 9.69 Å². The first-order valence-electron chi connectivity index (χ1n) is 6.96. The predicted octanol–water partition coefficient (Wildman–Crippen LogP) is 1.91. The van der Waals surface area contributed by atoms with Gasteiger partial charge in [-0.1, -0.05) is 11.6 Å². The van der Waals surface area contributed by atoms with Crippen LogP contribution in [0.5, 0.6) is 0 Å². The number of rotatable bonds is 8. The van der Waals surface area contributed by atoms with Crippen molar-refractivity contribution in [2.45, 2.75) is 31.7 Å². The second kappa shape index (κ2) is 7.57. The molecule has 1 saturated carbocycles. The van der Waals surface area contributed by atoms with E-state index in [1.807, 2.05) is 0 Å². The van der Waals surface area contributed by atoms with E-state index in [4.69, 9.17) is 16.7 Å². The van der Waals surface area contributed by atoms with E-state index in [0.717, 1.165) is 32.2 Å². The fourth-order valence-corrected chi connectivity index (χ4v) is 2.28. The lowest BCUT2D eigenvalue weighted by molar-refractivity contribution is -0.117. The van der Waals surface area contributed by atoms with Gasteiger partial charge in [-0.2, -0.15) is 0 Å². The van der Waals surface area contributed by atoms with Gasteiger partial charge in [-0.25, -0.2) is 4.98 Å². The molecule has 1 aromatic heterocycles. The molecule has 2 N–H and O–H groups in total. The number of anilines is 1. The van der Waals surface area contributed by atoms with Crippen molar-refractivity contribution in [1.82, 2.24) is 9.88 Å². The van der Waals surface area contributed by atoms with E-state index >= 15 is 0 Å². The fraction of sp³-hybridized carbons (Fsp3) is 0.571. The summed E-state index contributed by atoms with van der Waals surface area (Å²) in [6.45, 7) is 1.41. The Labute approximate surface area is 123 Å². The Morgan fingerprint density at radius 2 is 2.30 bits per heavy atom. The summed E-state index contributed by atoms with van der Waals surface area (Å²) in [5, 5.41) is 11.9. The molecule has 1 fully saturated rings. The Morgan fingerprint density at radius 3 is 2.95 bits per heavy atom. The summed E-state index contributed by atoms with van der Waals surface area (Å²) in [7, 11) is 0. The minimum atomic E-state index is -0.0733. The molecule has 0 bridgehead atoms. The van der Waals surface area contributed by atoms with Crippen molar-refractivity contribution in [3.8, 4) is 0 Å². The normalized spacial score (nSPS) is 14.6. The average Bonchev–Trinajstić information content (AvgIpc) is 3.25. The Kier molecular flexibility index (Phi) is 5.76. The molecule has 0 aromatic carbocycles. The van der Waals surface area contributed by atoms with Crippen LogP contribution in [0, 0.1) is 0 Å². The van der Waals surface area contributed by atoms with Crippen molar-refractivity contribution < 1.29 is 9.90 Å². The van der Waals surface area contributed by atoms with Gasteiger partial charge in [-0.05, 0) is 44.4 Å². The van der Waals surface area contributed by atoms with Gasteiger partial charge in [0.2, 0.25) is 5.91 Å². The molecule has 0 saturated heterocycles. The highest BCUT2D eigenvalue weighted by Gasteiger charge is 2.29. The molecule has 1 aliphatic rings. The first-order chi connectivity index (χ1) is 9.70. The maximum Gasteiger partial charge on any atom is 0.238 e. The second-order valence-corrected chi connectivity index (χ2v) is 5.38. The highest BCUT2D eigenvalue weighted by Crippen LogP contribution is 2.27. The molecular formula is C14H20ClN3O2. The lowest BCUT2D eigenvalue weighted by Crippen LogP contribution is -2.35. The molecule has 2 rings (SSSR count). The zero-order valence-corrected chi connectivity index (χ0v) is 12.1. The number of halogens is 1. The molecule has 1 amide bonds. The number of nitrogens with one attached hydrogen (secondary N) is 1. The fourth-order valence-electron chi connectivity index (χ4n) is 2.11. The number of nitrogens with zero attached hydrogens (tertiary/aromatic N) is 2. The number of carbonyl (C=O) groups is 1. The molecule has 1 aliphatic carbocycles. The highest BCUT2D eigenvalue weighted by atomic mass is 35.5. The quantitative estimate of drug-likeness (QED) is 0.568. The van der Waals surface area contributed by atoms with E-state index in [1.165, 1.54) is 0 Å². The average molecular weight is 298 g/mol. The van der Waals surface area contributed by atoms with E-state index in [-0.39, 0.29) is 12.5 Å². The molecular weight excluding hydrogens is 278 g/mol. The molecule has 5 nitrogen and oxygen atoms in total. The Bertz CT molecular complexity index is 452. The standard InChI is InChI=1S/C14H20ClN3O2/c15-14-12(4-3-7-16-14)17-13(20)10-18(11-5-6-11)8-1-2-9-19/h3-4,7,11,19H,1-2,5-6,8-10H2,(H,17,20). The first-order valence-corrected chi connectivity index (χ1v) is 7.34. The molecule has 110 valence electrons. The van der Waals surface area contributed by atoms with Gasteiger partial charge in [0, 0.05) is 18.8 Å². The van der Waals surface area contributed by atoms with Gasteiger partial charge in [-0.15, -0.1) is 0 Å². The van der Waals surface area contributed by atoms with E-state index in [1.54, 1.807) is 18.3 Å². The van der Waals surface area contributed by atoms with Crippen molar-refractivity contribution in [2.24, 2.45) is 0 Å². The van der Waals surface area contributed by atoms with Crippen LogP contribution in [-0.2, 0) is 4.79 Å². The minimum Gasteiger partial charge on any atom is -0.396 e. The molecule has 0 aliphatic heterocycles. The molecule has 20 heavy (non-hydrogen) atoms. The maximum absolute atomic E-state index is 12.1. The maximum atomic E-state index is 12.1. The lowest BCUT2D eigenvalue weighted by atomic mass is 10.3. The zero-order chi connectivity index (χ0) is 14.4. The van der Waals surface area contributed by atoms with Gasteiger partial charge in [0.05, 0.1) is 12.2 Å². The highest BCUT2D eigenvalue weighted by molar-refractivity contribution is 6.32. The third-order valence-corrected chi connectivity index (χ3v) is 3.60. The van der Waals surface area contributed by atoms with Crippen molar-refractivity contribution in [3.05, 3.63) is 23.5 Å². The summed E-state index contributed by atoms with van der Waals surface area (Å²) < 4.78 is 0. The third kappa shape index (κ3) is 4.74. The number of hydrogen-bond donors (Lipinski definition) is 2. The van der Waals surface area contributed by atoms with Gasteiger partial charge in [0.15, 0.2) is 5.15 Å². The molecule has 1 aromatic rings. The van der Waals surface area contributed by atoms with E-state index in [2.05, 4.69) is 15.2 Å². The summed E-state index contributed by atoms with van der Waals surface area (Å²) in [6, 6.07) is 3.99. The van der Waals surface area contributed by atoms with Gasteiger partial charge in [0.25, 0.3) is 0 Å². The number of hydrogen-bond acceptors (Lipinski definition) is 4. The van der Waals surface area contributed by atoms with Crippen LogP contribution in [0.25, 0.3) is 0 Å². The van der Waals surface area contributed by atoms with Crippen LogP contribution in [0.1, 0.15) is 25.7 Å². The monoisotopic (exact) mass is 297 g/mol. The lowest BCUT2D eigenvalue weighted by Gasteiger charge is -2.21. The van der Waals surface area contributed by atoms with Crippen LogP contribution in [0.15, 0.2) is 18.3 Å². The molecule has 0 radical (unpaired) electrons. The van der Waals surface area contributed by atoms with Crippen LogP contribution < -0.4 is 5.32 Å². The van der Waals surface area contributed by atoms with Gasteiger partial charge >= 0.3 is 0 Å². The number of aliphatic hydroxyl groups excluding tert-OH is 1. The summed E-state index contributed by atoms with van der Waals surface area (Å²) in [6.07, 6.45) is 5.58. The minimum absolute atomic E-state index is 0.0733. The largest absolute Gasteiger partial charge is 0.396 e. The SMILES string of the molecule is O=C(CN(CCCCO)C1CC1)Nc1cccnc1Cl. The van der Waals surface area contributed by atoms with Gasteiger partial charge in [0.1, 0.15) is 0 Å². The molecule has 6 heteroatoms. The third-order valence-electron chi connectivity index (χ3n) is 3.30. The molecule has 0 unspecified atom stereocenters. The summed E-state index contributed by atoms with van der Waals surface area (Å²) in [5.41, 5.74) is 0.547. The number of aliphatic hydroxyl groups is 1. The Balaban J connectivity index is 1.83. The number of unbranched alkanes of at least 4 members (excludes halogenated alkanes) is 1. The smallest absolute Gasteiger partial charge is 0.238 e. The van der Waals surface area contributed by atoms with Crippen LogP contribution in [-0.4, -0.2) is 46.6 Å². The second-order valence-electron chi connectivity index (χ2n) is 5.02.